The molecule has 176 valence electrons. The summed E-state index contributed by atoms with van der Waals surface area (Å²) in [6, 6.07) is 18.3. The Morgan fingerprint density at radius 1 is 0.886 bits per heavy atom. The Morgan fingerprint density at radius 2 is 1.60 bits per heavy atom. The van der Waals surface area contributed by atoms with E-state index in [1.807, 2.05) is 48.5 Å². The number of rotatable bonds is 4. The second-order valence-corrected chi connectivity index (χ2v) is 9.32. The van der Waals surface area contributed by atoms with Gasteiger partial charge in [-0.1, -0.05) is 41.6 Å². The fourth-order valence-electron chi connectivity index (χ4n) is 4.64. The van der Waals surface area contributed by atoms with E-state index in [0.717, 1.165) is 40.6 Å². The molecule has 0 unspecified atom stereocenters. The summed E-state index contributed by atoms with van der Waals surface area (Å²) in [5.41, 5.74) is 4.86. The van der Waals surface area contributed by atoms with Crippen LogP contribution in [0.5, 0.6) is 0 Å². The first-order chi connectivity index (χ1) is 17.1. The van der Waals surface area contributed by atoms with Crippen LogP contribution >= 0.6 is 0 Å². The Hall–Kier alpha value is -4.07. The third kappa shape index (κ3) is 4.16. The van der Waals surface area contributed by atoms with Crippen molar-refractivity contribution in [3.05, 3.63) is 77.6 Å². The molecule has 1 aliphatic heterocycles. The maximum absolute atomic E-state index is 13.3. The van der Waals surface area contributed by atoms with Gasteiger partial charge in [0.15, 0.2) is 5.69 Å². The molecule has 3 heterocycles. The smallest absolute Gasteiger partial charge is 0.276 e. The van der Waals surface area contributed by atoms with Crippen LogP contribution < -0.4 is 0 Å². The SMILES string of the molecule is Cc1cc(-c2ccccc2)nc2cc(C(=O)N3CCN(C(=O)c4cn(C5CC5)nn4)CC3)ccc12. The number of benzene rings is 2. The van der Waals surface area contributed by atoms with Crippen LogP contribution in [0.1, 0.15) is 45.3 Å². The van der Waals surface area contributed by atoms with E-state index < -0.39 is 0 Å². The molecule has 4 aromatic rings. The van der Waals surface area contributed by atoms with E-state index in [4.69, 9.17) is 4.98 Å². The highest BCUT2D eigenvalue weighted by molar-refractivity contribution is 5.99. The van der Waals surface area contributed by atoms with Gasteiger partial charge in [0.2, 0.25) is 0 Å². The molecular formula is C27H26N6O2. The van der Waals surface area contributed by atoms with Gasteiger partial charge in [-0.3, -0.25) is 9.59 Å². The molecule has 8 heteroatoms. The zero-order valence-electron chi connectivity index (χ0n) is 19.6. The lowest BCUT2D eigenvalue weighted by Gasteiger charge is -2.34. The molecular weight excluding hydrogens is 440 g/mol. The number of amides is 2. The summed E-state index contributed by atoms with van der Waals surface area (Å²) in [5, 5.41) is 9.17. The molecule has 0 bridgehead atoms. The van der Waals surface area contributed by atoms with Crippen molar-refractivity contribution in [1.29, 1.82) is 0 Å². The summed E-state index contributed by atoms with van der Waals surface area (Å²) in [5.74, 6) is -0.161. The predicted octanol–water partition coefficient (Wildman–Crippen LogP) is 3.73. The first kappa shape index (κ1) is 21.5. The second kappa shape index (κ2) is 8.61. The van der Waals surface area contributed by atoms with Crippen LogP contribution in [-0.2, 0) is 0 Å². The number of fused-ring (bicyclic) bond motifs is 1. The van der Waals surface area contributed by atoms with Gasteiger partial charge in [-0.2, -0.15) is 0 Å². The maximum atomic E-state index is 13.3. The minimum atomic E-state index is -0.122. The van der Waals surface area contributed by atoms with Crippen molar-refractivity contribution in [3.63, 3.8) is 0 Å². The fourth-order valence-corrected chi connectivity index (χ4v) is 4.64. The summed E-state index contributed by atoms with van der Waals surface area (Å²) < 4.78 is 1.78. The molecule has 0 spiro atoms. The Morgan fingerprint density at radius 3 is 2.31 bits per heavy atom. The predicted molar refractivity (Wildman–Crippen MR) is 132 cm³/mol. The average Bonchev–Trinajstić information content (AvgIpc) is 3.64. The maximum Gasteiger partial charge on any atom is 0.276 e. The number of piperazine rings is 1. The lowest BCUT2D eigenvalue weighted by atomic mass is 10.0. The van der Waals surface area contributed by atoms with Crippen molar-refractivity contribution in [2.45, 2.75) is 25.8 Å². The Bertz CT molecular complexity index is 1420. The molecule has 0 radical (unpaired) electrons. The van der Waals surface area contributed by atoms with Crippen LogP contribution in [0.3, 0.4) is 0 Å². The lowest BCUT2D eigenvalue weighted by Crippen LogP contribution is -2.50. The van der Waals surface area contributed by atoms with E-state index in [1.54, 1.807) is 20.7 Å². The number of carbonyl (C=O) groups is 2. The quantitative estimate of drug-likeness (QED) is 0.458. The number of nitrogens with zero attached hydrogens (tertiary/aromatic N) is 6. The highest BCUT2D eigenvalue weighted by atomic mass is 16.2. The molecule has 2 aromatic heterocycles. The Balaban J connectivity index is 1.17. The first-order valence-corrected chi connectivity index (χ1v) is 12.0. The molecule has 8 nitrogen and oxygen atoms in total. The van der Waals surface area contributed by atoms with Gasteiger partial charge in [-0.25, -0.2) is 9.67 Å². The number of hydrogen-bond donors (Lipinski definition) is 0. The summed E-state index contributed by atoms with van der Waals surface area (Å²) >= 11 is 0. The van der Waals surface area contributed by atoms with Gasteiger partial charge in [0.05, 0.1) is 23.4 Å². The lowest BCUT2D eigenvalue weighted by molar-refractivity contribution is 0.0532. The van der Waals surface area contributed by atoms with E-state index in [-0.39, 0.29) is 11.8 Å². The molecule has 2 amide bonds. The normalized spacial score (nSPS) is 16.0. The molecule has 35 heavy (non-hydrogen) atoms. The minimum Gasteiger partial charge on any atom is -0.335 e. The van der Waals surface area contributed by atoms with Crippen molar-refractivity contribution in [2.75, 3.05) is 26.2 Å². The van der Waals surface area contributed by atoms with Gasteiger partial charge in [-0.05, 0) is 43.5 Å². The standard InChI is InChI=1S/C27H26N6O2/c1-18-15-23(19-5-3-2-4-6-19)28-24-16-20(7-10-22(18)24)26(34)31-11-13-32(14-12-31)27(35)25-17-33(30-29-25)21-8-9-21/h2-7,10,15-17,21H,8-9,11-14H2,1H3. The third-order valence-corrected chi connectivity index (χ3v) is 6.84. The Kier molecular flexibility index (Phi) is 5.28. The van der Waals surface area contributed by atoms with Crippen molar-refractivity contribution < 1.29 is 9.59 Å². The zero-order chi connectivity index (χ0) is 23.9. The van der Waals surface area contributed by atoms with E-state index in [9.17, 15) is 9.59 Å². The molecule has 1 aliphatic carbocycles. The van der Waals surface area contributed by atoms with Gasteiger partial charge >= 0.3 is 0 Å². The van der Waals surface area contributed by atoms with Crippen LogP contribution in [0.2, 0.25) is 0 Å². The van der Waals surface area contributed by atoms with Gasteiger partial charge < -0.3 is 9.80 Å². The molecule has 2 aromatic carbocycles. The fraction of sp³-hybridized carbons (Fsp3) is 0.296. The van der Waals surface area contributed by atoms with Gasteiger partial charge in [0.1, 0.15) is 0 Å². The number of hydrogen-bond acceptors (Lipinski definition) is 5. The molecule has 0 atom stereocenters. The Labute approximate surface area is 203 Å². The monoisotopic (exact) mass is 466 g/mol. The van der Waals surface area contributed by atoms with Crippen LogP contribution in [0.15, 0.2) is 60.8 Å². The minimum absolute atomic E-state index is 0.0387. The first-order valence-electron chi connectivity index (χ1n) is 12.0. The molecule has 2 aliphatic rings. The van der Waals surface area contributed by atoms with Crippen molar-refractivity contribution in [1.82, 2.24) is 29.8 Å². The highest BCUT2D eigenvalue weighted by Gasteiger charge is 2.29. The number of aryl methyl sites for hydroxylation is 1. The topological polar surface area (TPSA) is 84.2 Å². The molecule has 1 saturated carbocycles. The highest BCUT2D eigenvalue weighted by Crippen LogP contribution is 2.33. The second-order valence-electron chi connectivity index (χ2n) is 9.32. The average molecular weight is 467 g/mol. The summed E-state index contributed by atoms with van der Waals surface area (Å²) in [4.78, 5) is 34.5. The van der Waals surface area contributed by atoms with Crippen LogP contribution in [-0.4, -0.2) is 67.8 Å². The molecule has 6 rings (SSSR count). The number of aromatic nitrogens is 4. The molecule has 0 N–H and O–H groups in total. The van der Waals surface area contributed by atoms with Gasteiger partial charge in [-0.15, -0.1) is 5.10 Å². The van der Waals surface area contributed by atoms with Crippen molar-refractivity contribution >= 4 is 22.7 Å². The van der Waals surface area contributed by atoms with Crippen molar-refractivity contribution in [2.24, 2.45) is 0 Å². The van der Waals surface area contributed by atoms with E-state index in [2.05, 4.69) is 23.3 Å². The van der Waals surface area contributed by atoms with Crippen molar-refractivity contribution in [3.8, 4) is 11.3 Å². The molecule has 2 fully saturated rings. The zero-order valence-corrected chi connectivity index (χ0v) is 19.6. The molecule has 1 saturated heterocycles. The number of carbonyl (C=O) groups excluding carboxylic acids is 2. The van der Waals surface area contributed by atoms with E-state index in [1.165, 1.54) is 0 Å². The third-order valence-electron chi connectivity index (χ3n) is 6.84. The summed E-state index contributed by atoms with van der Waals surface area (Å²) in [7, 11) is 0. The van der Waals surface area contributed by atoms with E-state index in [0.29, 0.717) is 43.5 Å². The van der Waals surface area contributed by atoms with Crippen LogP contribution in [0.25, 0.3) is 22.2 Å². The number of pyridine rings is 1. The summed E-state index contributed by atoms with van der Waals surface area (Å²) in [6.07, 6.45) is 3.93. The summed E-state index contributed by atoms with van der Waals surface area (Å²) in [6.45, 7) is 3.98. The van der Waals surface area contributed by atoms with E-state index >= 15 is 0 Å². The van der Waals surface area contributed by atoms with Gasteiger partial charge in [0.25, 0.3) is 11.8 Å². The largest absolute Gasteiger partial charge is 0.335 e. The van der Waals surface area contributed by atoms with Gasteiger partial charge in [0, 0.05) is 42.7 Å². The van der Waals surface area contributed by atoms with Crippen LogP contribution in [0, 0.1) is 6.92 Å². The van der Waals surface area contributed by atoms with Crippen LogP contribution in [0.4, 0.5) is 0 Å².